The molecule has 0 spiro atoms. The monoisotopic (exact) mass is 254 g/mol. The van der Waals surface area contributed by atoms with Gasteiger partial charge >= 0.3 is 0 Å². The number of rotatable bonds is 3. The van der Waals surface area contributed by atoms with Crippen molar-refractivity contribution >= 4 is 5.78 Å². The Morgan fingerprint density at radius 1 is 0.895 bits per heavy atom. The van der Waals surface area contributed by atoms with Gasteiger partial charge < -0.3 is 4.74 Å². The molecule has 0 atom stereocenters. The molecular weight excluding hydrogens is 236 g/mol. The number of hydrogen-bond donors (Lipinski definition) is 0. The van der Waals surface area contributed by atoms with Crippen molar-refractivity contribution in [3.63, 3.8) is 0 Å². The number of carbonyl (C=O) groups is 1. The highest BCUT2D eigenvalue weighted by Crippen LogP contribution is 2.21. The Bertz CT molecular complexity index is 607. The fraction of sp³-hybridized carbons (Fsp3) is 0.235. The third-order valence-electron chi connectivity index (χ3n) is 3.14. The lowest BCUT2D eigenvalue weighted by molar-refractivity contribution is 0.103. The fourth-order valence-electron chi connectivity index (χ4n) is 2.29. The second-order valence-electron chi connectivity index (χ2n) is 4.89. The van der Waals surface area contributed by atoms with E-state index in [1.807, 2.05) is 51.1 Å². The average Bonchev–Trinajstić information content (AvgIpc) is 2.36. The number of hydrogen-bond acceptors (Lipinski definition) is 2. The van der Waals surface area contributed by atoms with Gasteiger partial charge in [0.05, 0.1) is 7.11 Å². The van der Waals surface area contributed by atoms with Gasteiger partial charge in [0.1, 0.15) is 5.75 Å². The third kappa shape index (κ3) is 2.84. The summed E-state index contributed by atoms with van der Waals surface area (Å²) in [6.45, 7) is 5.95. The summed E-state index contributed by atoms with van der Waals surface area (Å²) in [7, 11) is 1.63. The lowest BCUT2D eigenvalue weighted by Gasteiger charge is -2.08. The Balaban J connectivity index is 2.41. The summed E-state index contributed by atoms with van der Waals surface area (Å²) in [5.74, 6) is 0.856. The molecule has 19 heavy (non-hydrogen) atoms. The number of aryl methyl sites for hydroxylation is 3. The van der Waals surface area contributed by atoms with E-state index in [4.69, 9.17) is 4.74 Å². The van der Waals surface area contributed by atoms with Crippen LogP contribution in [-0.4, -0.2) is 12.9 Å². The van der Waals surface area contributed by atoms with Crippen molar-refractivity contribution < 1.29 is 9.53 Å². The lowest BCUT2D eigenvalue weighted by atomic mass is 9.98. The number of benzene rings is 2. The standard InChI is InChI=1S/C17H18O2/c1-11-7-12(2)9-15(8-11)17(18)14-5-6-16(19-4)13(3)10-14/h5-10H,1-4H3. The van der Waals surface area contributed by atoms with E-state index >= 15 is 0 Å². The first-order valence-electron chi connectivity index (χ1n) is 6.29. The van der Waals surface area contributed by atoms with Crippen LogP contribution in [0.3, 0.4) is 0 Å². The molecule has 0 saturated carbocycles. The van der Waals surface area contributed by atoms with Gasteiger partial charge in [-0.3, -0.25) is 4.79 Å². The lowest BCUT2D eigenvalue weighted by Crippen LogP contribution is -2.03. The smallest absolute Gasteiger partial charge is 0.193 e. The Morgan fingerprint density at radius 3 is 2.05 bits per heavy atom. The third-order valence-corrected chi connectivity index (χ3v) is 3.14. The molecule has 0 bridgehead atoms. The van der Waals surface area contributed by atoms with Crippen LogP contribution in [0.2, 0.25) is 0 Å². The van der Waals surface area contributed by atoms with Crippen molar-refractivity contribution in [3.8, 4) is 5.75 Å². The Morgan fingerprint density at radius 2 is 1.53 bits per heavy atom. The highest BCUT2D eigenvalue weighted by atomic mass is 16.5. The molecule has 0 N–H and O–H groups in total. The summed E-state index contributed by atoms with van der Waals surface area (Å²) in [4.78, 5) is 12.5. The maximum Gasteiger partial charge on any atom is 0.193 e. The second kappa shape index (κ2) is 5.27. The molecule has 98 valence electrons. The van der Waals surface area contributed by atoms with E-state index in [0.717, 1.165) is 28.0 Å². The van der Waals surface area contributed by atoms with Gasteiger partial charge in [-0.05, 0) is 56.7 Å². The van der Waals surface area contributed by atoms with Gasteiger partial charge in [0.25, 0.3) is 0 Å². The summed E-state index contributed by atoms with van der Waals surface area (Å²) in [6.07, 6.45) is 0. The predicted octanol–water partition coefficient (Wildman–Crippen LogP) is 3.85. The molecule has 0 aliphatic carbocycles. The van der Waals surface area contributed by atoms with E-state index in [-0.39, 0.29) is 5.78 Å². The van der Waals surface area contributed by atoms with Gasteiger partial charge in [-0.2, -0.15) is 0 Å². The maximum atomic E-state index is 12.5. The number of ketones is 1. The summed E-state index contributed by atoms with van der Waals surface area (Å²) < 4.78 is 5.21. The number of methoxy groups -OCH3 is 1. The summed E-state index contributed by atoms with van der Waals surface area (Å²) in [5.41, 5.74) is 4.62. The van der Waals surface area contributed by atoms with Crippen LogP contribution < -0.4 is 4.74 Å². The molecule has 2 aromatic rings. The molecule has 0 unspecified atom stereocenters. The van der Waals surface area contributed by atoms with Gasteiger partial charge in [-0.1, -0.05) is 17.2 Å². The van der Waals surface area contributed by atoms with Crippen LogP contribution in [0.15, 0.2) is 36.4 Å². The fourth-order valence-corrected chi connectivity index (χ4v) is 2.29. The van der Waals surface area contributed by atoms with Crippen LogP contribution in [0.4, 0.5) is 0 Å². The maximum absolute atomic E-state index is 12.5. The van der Waals surface area contributed by atoms with Gasteiger partial charge in [0.2, 0.25) is 0 Å². The molecule has 0 radical (unpaired) electrons. The first kappa shape index (κ1) is 13.3. The Hall–Kier alpha value is -2.09. The van der Waals surface area contributed by atoms with Gasteiger partial charge in [0.15, 0.2) is 5.78 Å². The van der Waals surface area contributed by atoms with Crippen molar-refractivity contribution in [2.45, 2.75) is 20.8 Å². The summed E-state index contributed by atoms with van der Waals surface area (Å²) in [6, 6.07) is 11.4. The van der Waals surface area contributed by atoms with E-state index in [2.05, 4.69) is 6.07 Å². The van der Waals surface area contributed by atoms with Crippen LogP contribution in [0.1, 0.15) is 32.6 Å². The molecule has 2 aromatic carbocycles. The number of carbonyl (C=O) groups excluding carboxylic acids is 1. The van der Waals surface area contributed by atoms with Crippen molar-refractivity contribution in [2.24, 2.45) is 0 Å². The van der Waals surface area contributed by atoms with E-state index in [0.29, 0.717) is 5.56 Å². The van der Waals surface area contributed by atoms with Gasteiger partial charge in [-0.15, -0.1) is 0 Å². The molecule has 2 nitrogen and oxygen atoms in total. The number of ether oxygens (including phenoxy) is 1. The summed E-state index contributed by atoms with van der Waals surface area (Å²) >= 11 is 0. The molecular formula is C17H18O2. The molecule has 2 rings (SSSR count). The molecule has 0 heterocycles. The summed E-state index contributed by atoms with van der Waals surface area (Å²) in [5, 5.41) is 0. The van der Waals surface area contributed by atoms with Crippen molar-refractivity contribution in [3.05, 3.63) is 64.2 Å². The van der Waals surface area contributed by atoms with Crippen LogP contribution in [-0.2, 0) is 0 Å². The van der Waals surface area contributed by atoms with Crippen molar-refractivity contribution in [1.82, 2.24) is 0 Å². The average molecular weight is 254 g/mol. The van der Waals surface area contributed by atoms with Crippen LogP contribution in [0.5, 0.6) is 5.75 Å². The van der Waals surface area contributed by atoms with Gasteiger partial charge in [0, 0.05) is 11.1 Å². The topological polar surface area (TPSA) is 26.3 Å². The largest absolute Gasteiger partial charge is 0.496 e. The Kier molecular flexibility index (Phi) is 3.70. The van der Waals surface area contributed by atoms with Gasteiger partial charge in [-0.25, -0.2) is 0 Å². The van der Waals surface area contributed by atoms with E-state index in [1.54, 1.807) is 7.11 Å². The zero-order valence-electron chi connectivity index (χ0n) is 11.8. The minimum absolute atomic E-state index is 0.0533. The normalized spacial score (nSPS) is 10.3. The van der Waals surface area contributed by atoms with Crippen molar-refractivity contribution in [2.75, 3.05) is 7.11 Å². The van der Waals surface area contributed by atoms with E-state index < -0.39 is 0 Å². The van der Waals surface area contributed by atoms with Crippen LogP contribution in [0, 0.1) is 20.8 Å². The predicted molar refractivity (Wildman–Crippen MR) is 77.1 cm³/mol. The molecule has 0 saturated heterocycles. The van der Waals surface area contributed by atoms with E-state index in [9.17, 15) is 4.79 Å². The highest BCUT2D eigenvalue weighted by molar-refractivity contribution is 6.09. The van der Waals surface area contributed by atoms with Crippen molar-refractivity contribution in [1.29, 1.82) is 0 Å². The SMILES string of the molecule is COc1ccc(C(=O)c2cc(C)cc(C)c2)cc1C. The molecule has 2 heteroatoms. The Labute approximate surface area is 114 Å². The minimum atomic E-state index is 0.0533. The van der Waals surface area contributed by atoms with E-state index in [1.165, 1.54) is 0 Å². The minimum Gasteiger partial charge on any atom is -0.496 e. The zero-order chi connectivity index (χ0) is 14.0. The molecule has 0 aliphatic rings. The molecule has 0 amide bonds. The first-order chi connectivity index (χ1) is 9.01. The first-order valence-corrected chi connectivity index (χ1v) is 6.29. The van der Waals surface area contributed by atoms with Crippen LogP contribution in [0.25, 0.3) is 0 Å². The molecule has 0 aliphatic heterocycles. The molecule has 0 aromatic heterocycles. The zero-order valence-corrected chi connectivity index (χ0v) is 11.8. The second-order valence-corrected chi connectivity index (χ2v) is 4.89. The quantitative estimate of drug-likeness (QED) is 0.778. The van der Waals surface area contributed by atoms with Crippen LogP contribution >= 0.6 is 0 Å². The highest BCUT2D eigenvalue weighted by Gasteiger charge is 2.11. The molecule has 0 fully saturated rings.